The van der Waals surface area contributed by atoms with Crippen LogP contribution in [0.3, 0.4) is 0 Å². The fraction of sp³-hybridized carbons (Fsp3) is 1.00. The monoisotopic (exact) mass is 241 g/mol. The van der Waals surface area contributed by atoms with E-state index in [-0.39, 0.29) is 23.7 Å². The van der Waals surface area contributed by atoms with E-state index < -0.39 is 10.0 Å². The summed E-state index contributed by atoms with van der Waals surface area (Å²) in [7, 11) is -3.17. The van der Waals surface area contributed by atoms with Gasteiger partial charge in [-0.1, -0.05) is 6.92 Å². The molecule has 0 amide bonds. The second-order valence-corrected chi connectivity index (χ2v) is 6.13. The van der Waals surface area contributed by atoms with Gasteiger partial charge in [-0.05, 0) is 19.6 Å². The average molecular weight is 241 g/mol. The molecule has 0 fully saturated rings. The van der Waals surface area contributed by atoms with Gasteiger partial charge < -0.3 is 5.11 Å². The van der Waals surface area contributed by atoms with Gasteiger partial charge in [-0.3, -0.25) is 0 Å². The topological polar surface area (TPSA) is 66.4 Å². The number of thioether (sulfide) groups is 1. The van der Waals surface area contributed by atoms with Crippen molar-refractivity contribution in [1.82, 2.24) is 4.72 Å². The molecule has 86 valence electrons. The lowest BCUT2D eigenvalue weighted by Crippen LogP contribution is -2.42. The van der Waals surface area contributed by atoms with Crippen LogP contribution in [0.5, 0.6) is 0 Å². The van der Waals surface area contributed by atoms with E-state index in [4.69, 9.17) is 5.11 Å². The highest BCUT2D eigenvalue weighted by molar-refractivity contribution is 7.99. The molecule has 0 bridgehead atoms. The summed E-state index contributed by atoms with van der Waals surface area (Å²) >= 11 is 1.46. The van der Waals surface area contributed by atoms with Crippen molar-refractivity contribution in [3.05, 3.63) is 0 Å². The Kier molecular flexibility index (Phi) is 6.76. The molecule has 0 aliphatic rings. The minimum absolute atomic E-state index is 0.0169. The van der Waals surface area contributed by atoms with Gasteiger partial charge in [0.2, 0.25) is 10.0 Å². The fourth-order valence-corrected chi connectivity index (χ4v) is 3.22. The first-order valence-corrected chi connectivity index (χ1v) is 7.54. The number of rotatable bonds is 7. The second kappa shape index (κ2) is 6.66. The number of nitrogens with one attached hydrogen (secondary N) is 1. The Morgan fingerprint density at radius 3 is 2.43 bits per heavy atom. The lowest BCUT2D eigenvalue weighted by atomic mass is 10.3. The SMILES string of the molecule is CCCS(=O)(=O)NC(C)C(CO)SC. The molecule has 0 spiro atoms. The van der Waals surface area contributed by atoms with Gasteiger partial charge >= 0.3 is 0 Å². The minimum atomic E-state index is -3.17. The van der Waals surface area contributed by atoms with Crippen LogP contribution < -0.4 is 4.72 Å². The van der Waals surface area contributed by atoms with E-state index >= 15 is 0 Å². The van der Waals surface area contributed by atoms with Crippen molar-refractivity contribution in [1.29, 1.82) is 0 Å². The molecule has 14 heavy (non-hydrogen) atoms. The zero-order chi connectivity index (χ0) is 11.2. The molecule has 0 aliphatic carbocycles. The van der Waals surface area contributed by atoms with Crippen LogP contribution in [-0.2, 0) is 10.0 Å². The number of aliphatic hydroxyl groups excluding tert-OH is 1. The zero-order valence-electron chi connectivity index (χ0n) is 8.86. The highest BCUT2D eigenvalue weighted by Crippen LogP contribution is 2.11. The van der Waals surface area contributed by atoms with Gasteiger partial charge in [-0.2, -0.15) is 11.8 Å². The van der Waals surface area contributed by atoms with Gasteiger partial charge in [0.15, 0.2) is 0 Å². The molecule has 0 aromatic rings. The Labute approximate surface area is 90.5 Å². The zero-order valence-corrected chi connectivity index (χ0v) is 10.5. The Hall–Kier alpha value is 0.220. The number of sulfonamides is 1. The van der Waals surface area contributed by atoms with Crippen LogP contribution >= 0.6 is 11.8 Å². The largest absolute Gasteiger partial charge is 0.395 e. The molecule has 0 radical (unpaired) electrons. The van der Waals surface area contributed by atoms with Gasteiger partial charge in [-0.25, -0.2) is 13.1 Å². The van der Waals surface area contributed by atoms with E-state index in [0.29, 0.717) is 6.42 Å². The van der Waals surface area contributed by atoms with Crippen molar-refractivity contribution in [2.45, 2.75) is 31.6 Å². The first kappa shape index (κ1) is 14.2. The first-order chi connectivity index (χ1) is 6.46. The standard InChI is InChI=1S/C8H19NO3S2/c1-4-5-14(11,12)9-7(2)8(6-10)13-3/h7-10H,4-6H2,1-3H3. The summed E-state index contributed by atoms with van der Waals surface area (Å²) < 4.78 is 25.3. The molecular weight excluding hydrogens is 222 g/mol. The van der Waals surface area contributed by atoms with Crippen LogP contribution in [0.2, 0.25) is 0 Å². The quantitative estimate of drug-likeness (QED) is 0.678. The Morgan fingerprint density at radius 1 is 1.50 bits per heavy atom. The van der Waals surface area contributed by atoms with Crippen molar-refractivity contribution in [3.63, 3.8) is 0 Å². The summed E-state index contributed by atoms with van der Waals surface area (Å²) in [6.07, 6.45) is 2.45. The van der Waals surface area contributed by atoms with E-state index in [1.54, 1.807) is 6.92 Å². The molecule has 2 N–H and O–H groups in total. The van der Waals surface area contributed by atoms with Crippen molar-refractivity contribution < 1.29 is 13.5 Å². The molecule has 0 saturated carbocycles. The molecule has 0 heterocycles. The number of aliphatic hydroxyl groups is 1. The summed E-state index contributed by atoms with van der Waals surface area (Å²) in [4.78, 5) is 0. The Balaban J connectivity index is 4.22. The van der Waals surface area contributed by atoms with Crippen molar-refractivity contribution >= 4 is 21.8 Å². The van der Waals surface area contributed by atoms with Gasteiger partial charge in [-0.15, -0.1) is 0 Å². The van der Waals surface area contributed by atoms with Crippen molar-refractivity contribution in [2.24, 2.45) is 0 Å². The van der Waals surface area contributed by atoms with E-state index in [1.807, 2.05) is 13.2 Å². The smallest absolute Gasteiger partial charge is 0.211 e. The summed E-state index contributed by atoms with van der Waals surface area (Å²) in [5.74, 6) is 0.143. The maximum absolute atomic E-state index is 11.4. The van der Waals surface area contributed by atoms with Gasteiger partial charge in [0.05, 0.1) is 12.4 Å². The third-order valence-electron chi connectivity index (χ3n) is 1.88. The molecule has 0 aromatic carbocycles. The fourth-order valence-electron chi connectivity index (χ4n) is 1.12. The molecule has 0 aromatic heterocycles. The minimum Gasteiger partial charge on any atom is -0.395 e. The lowest BCUT2D eigenvalue weighted by molar-refractivity contribution is 0.282. The summed E-state index contributed by atoms with van der Waals surface area (Å²) in [5.41, 5.74) is 0. The molecular formula is C8H19NO3S2. The predicted octanol–water partition coefficient (Wildman–Crippen LogP) is 0.428. The summed E-state index contributed by atoms with van der Waals surface area (Å²) in [6.45, 7) is 3.57. The molecule has 0 saturated heterocycles. The molecule has 0 rings (SSSR count). The van der Waals surface area contributed by atoms with E-state index in [0.717, 1.165) is 0 Å². The van der Waals surface area contributed by atoms with Gasteiger partial charge in [0.1, 0.15) is 0 Å². The van der Waals surface area contributed by atoms with Crippen molar-refractivity contribution in [2.75, 3.05) is 18.6 Å². The maximum atomic E-state index is 11.4. The van der Waals surface area contributed by atoms with E-state index in [9.17, 15) is 8.42 Å². The summed E-state index contributed by atoms with van der Waals surface area (Å²) in [6, 6.07) is -0.230. The molecule has 0 aliphatic heterocycles. The highest BCUT2D eigenvalue weighted by atomic mass is 32.2. The van der Waals surface area contributed by atoms with Crippen LogP contribution in [0, 0.1) is 0 Å². The molecule has 2 atom stereocenters. The lowest BCUT2D eigenvalue weighted by Gasteiger charge is -2.20. The van der Waals surface area contributed by atoms with Crippen molar-refractivity contribution in [3.8, 4) is 0 Å². The normalized spacial score (nSPS) is 16.6. The third-order valence-corrected chi connectivity index (χ3v) is 4.72. The van der Waals surface area contributed by atoms with Crippen LogP contribution in [0.25, 0.3) is 0 Å². The van der Waals surface area contributed by atoms with Gasteiger partial charge in [0, 0.05) is 11.3 Å². The number of hydrogen-bond donors (Lipinski definition) is 2. The van der Waals surface area contributed by atoms with Crippen LogP contribution in [0.15, 0.2) is 0 Å². The van der Waals surface area contributed by atoms with E-state index in [1.165, 1.54) is 11.8 Å². The highest BCUT2D eigenvalue weighted by Gasteiger charge is 2.20. The Bertz CT molecular complexity index is 237. The average Bonchev–Trinajstić information content (AvgIpc) is 2.04. The summed E-state index contributed by atoms with van der Waals surface area (Å²) in [5, 5.41) is 8.89. The predicted molar refractivity (Wildman–Crippen MR) is 61.1 cm³/mol. The molecule has 6 heteroatoms. The molecule has 4 nitrogen and oxygen atoms in total. The second-order valence-electron chi connectivity index (χ2n) is 3.18. The van der Waals surface area contributed by atoms with Crippen LogP contribution in [-0.4, -0.2) is 43.4 Å². The van der Waals surface area contributed by atoms with Gasteiger partial charge in [0.25, 0.3) is 0 Å². The van der Waals surface area contributed by atoms with Crippen LogP contribution in [0.1, 0.15) is 20.3 Å². The van der Waals surface area contributed by atoms with Crippen LogP contribution in [0.4, 0.5) is 0 Å². The number of hydrogen-bond acceptors (Lipinski definition) is 4. The maximum Gasteiger partial charge on any atom is 0.211 e. The third kappa shape index (κ3) is 5.19. The first-order valence-electron chi connectivity index (χ1n) is 4.60. The van der Waals surface area contributed by atoms with E-state index in [2.05, 4.69) is 4.72 Å². The molecule has 2 unspecified atom stereocenters. The Morgan fingerprint density at radius 2 is 2.07 bits per heavy atom.